The van der Waals surface area contributed by atoms with Crippen molar-refractivity contribution in [2.45, 2.75) is 13.3 Å². The Kier molecular flexibility index (Phi) is 3.00. The van der Waals surface area contributed by atoms with Gasteiger partial charge in [-0.15, -0.1) is 0 Å². The topological polar surface area (TPSA) is 57.4 Å². The molecule has 2 aromatic heterocycles. The Balaban J connectivity index is 1.86. The maximum atomic E-state index is 4.46. The van der Waals surface area contributed by atoms with E-state index in [1.54, 1.807) is 0 Å². The average Bonchev–Trinajstić information content (AvgIpc) is 3.15. The van der Waals surface area contributed by atoms with Crippen LogP contribution in [0.5, 0.6) is 0 Å². The van der Waals surface area contributed by atoms with Gasteiger partial charge in [0.2, 0.25) is 0 Å². The summed E-state index contributed by atoms with van der Waals surface area (Å²) in [5, 5.41) is 8.71. The summed E-state index contributed by atoms with van der Waals surface area (Å²) in [5.41, 5.74) is 5.50. The lowest BCUT2D eigenvalue weighted by Crippen LogP contribution is -1.90. The third kappa shape index (κ3) is 2.19. The zero-order chi connectivity index (χ0) is 14.9. The molecule has 0 saturated carbocycles. The number of imidazole rings is 1. The highest BCUT2D eigenvalue weighted by Crippen LogP contribution is 2.28. The SMILES string of the molecule is Cc1cnc(-c2n[nH]c3cccc(Cc4ccccc4)c23)[nH]1. The molecule has 4 rings (SSSR count). The summed E-state index contributed by atoms with van der Waals surface area (Å²) < 4.78 is 0. The van der Waals surface area contributed by atoms with Crippen molar-refractivity contribution in [3.05, 3.63) is 71.5 Å². The molecular weight excluding hydrogens is 272 g/mol. The van der Waals surface area contributed by atoms with Crippen LogP contribution in [-0.2, 0) is 6.42 Å². The Morgan fingerprint density at radius 1 is 1.00 bits per heavy atom. The van der Waals surface area contributed by atoms with Gasteiger partial charge in [-0.3, -0.25) is 5.10 Å². The lowest BCUT2D eigenvalue weighted by atomic mass is 10.00. The van der Waals surface area contributed by atoms with Crippen molar-refractivity contribution >= 4 is 10.9 Å². The fourth-order valence-corrected chi connectivity index (χ4v) is 2.81. The van der Waals surface area contributed by atoms with Crippen molar-refractivity contribution in [1.29, 1.82) is 0 Å². The minimum Gasteiger partial charge on any atom is -0.341 e. The van der Waals surface area contributed by atoms with E-state index in [2.05, 4.69) is 62.6 Å². The Morgan fingerprint density at radius 2 is 1.86 bits per heavy atom. The zero-order valence-electron chi connectivity index (χ0n) is 12.3. The fraction of sp³-hybridized carbons (Fsp3) is 0.111. The van der Waals surface area contributed by atoms with Crippen LogP contribution in [0.4, 0.5) is 0 Å². The van der Waals surface area contributed by atoms with E-state index in [-0.39, 0.29) is 0 Å². The summed E-state index contributed by atoms with van der Waals surface area (Å²) in [5.74, 6) is 0.810. The molecule has 4 aromatic rings. The minimum absolute atomic E-state index is 0.810. The molecule has 2 N–H and O–H groups in total. The molecule has 0 spiro atoms. The number of aromatic nitrogens is 4. The van der Waals surface area contributed by atoms with Gasteiger partial charge in [0.15, 0.2) is 5.82 Å². The van der Waals surface area contributed by atoms with Gasteiger partial charge in [-0.05, 0) is 30.5 Å². The van der Waals surface area contributed by atoms with Crippen LogP contribution in [-0.4, -0.2) is 20.2 Å². The van der Waals surface area contributed by atoms with E-state index >= 15 is 0 Å². The molecule has 2 heterocycles. The molecule has 0 aliphatic carbocycles. The van der Waals surface area contributed by atoms with Gasteiger partial charge in [0.05, 0.1) is 5.52 Å². The van der Waals surface area contributed by atoms with Gasteiger partial charge in [0.1, 0.15) is 5.69 Å². The van der Waals surface area contributed by atoms with Gasteiger partial charge in [-0.2, -0.15) is 5.10 Å². The van der Waals surface area contributed by atoms with Gasteiger partial charge in [-0.25, -0.2) is 4.98 Å². The van der Waals surface area contributed by atoms with Gasteiger partial charge in [0, 0.05) is 17.3 Å². The third-order valence-corrected chi connectivity index (χ3v) is 3.84. The molecule has 0 aliphatic rings. The lowest BCUT2D eigenvalue weighted by molar-refractivity contribution is 1.10. The quantitative estimate of drug-likeness (QED) is 0.601. The van der Waals surface area contributed by atoms with Crippen molar-refractivity contribution in [3.8, 4) is 11.5 Å². The van der Waals surface area contributed by atoms with Gasteiger partial charge in [0.25, 0.3) is 0 Å². The van der Waals surface area contributed by atoms with Crippen LogP contribution in [0.2, 0.25) is 0 Å². The number of benzene rings is 2. The third-order valence-electron chi connectivity index (χ3n) is 3.84. The average molecular weight is 288 g/mol. The molecule has 2 aromatic carbocycles. The summed E-state index contributed by atoms with van der Waals surface area (Å²) in [6.07, 6.45) is 2.71. The van der Waals surface area contributed by atoms with Crippen LogP contribution >= 0.6 is 0 Å². The van der Waals surface area contributed by atoms with Crippen LogP contribution < -0.4 is 0 Å². The number of H-pyrrole nitrogens is 2. The van der Waals surface area contributed by atoms with E-state index in [0.717, 1.165) is 34.5 Å². The first-order valence-corrected chi connectivity index (χ1v) is 7.33. The molecule has 4 heteroatoms. The minimum atomic E-state index is 0.810. The molecule has 4 nitrogen and oxygen atoms in total. The fourth-order valence-electron chi connectivity index (χ4n) is 2.81. The molecular formula is C18H16N4. The Hall–Kier alpha value is -2.88. The predicted octanol–water partition coefficient (Wildman–Crippen LogP) is 3.85. The van der Waals surface area contributed by atoms with Crippen LogP contribution in [0.1, 0.15) is 16.8 Å². The molecule has 0 fully saturated rings. The van der Waals surface area contributed by atoms with Crippen LogP contribution in [0.25, 0.3) is 22.4 Å². The molecule has 0 bridgehead atoms. The summed E-state index contributed by atoms with van der Waals surface area (Å²) in [6, 6.07) is 16.8. The highest BCUT2D eigenvalue weighted by atomic mass is 15.1. The number of nitrogens with one attached hydrogen (secondary N) is 2. The Bertz CT molecular complexity index is 919. The highest BCUT2D eigenvalue weighted by molar-refractivity contribution is 5.94. The van der Waals surface area contributed by atoms with Gasteiger partial charge >= 0.3 is 0 Å². The van der Waals surface area contributed by atoms with E-state index in [0.29, 0.717) is 0 Å². The first-order chi connectivity index (χ1) is 10.8. The molecule has 0 saturated heterocycles. The lowest BCUT2D eigenvalue weighted by Gasteiger charge is -2.05. The molecule has 0 amide bonds. The van der Waals surface area contributed by atoms with Gasteiger partial charge < -0.3 is 4.98 Å². The summed E-state index contributed by atoms with van der Waals surface area (Å²) in [7, 11) is 0. The summed E-state index contributed by atoms with van der Waals surface area (Å²) in [6.45, 7) is 2.00. The van der Waals surface area contributed by atoms with Crippen molar-refractivity contribution < 1.29 is 0 Å². The van der Waals surface area contributed by atoms with Crippen LogP contribution in [0.15, 0.2) is 54.7 Å². The second-order valence-electron chi connectivity index (χ2n) is 5.49. The molecule has 0 aliphatic heterocycles. The molecule has 108 valence electrons. The first-order valence-electron chi connectivity index (χ1n) is 7.33. The normalized spacial score (nSPS) is 11.1. The van der Waals surface area contributed by atoms with Crippen LogP contribution in [0.3, 0.4) is 0 Å². The second-order valence-corrected chi connectivity index (χ2v) is 5.49. The van der Waals surface area contributed by atoms with Crippen molar-refractivity contribution in [3.63, 3.8) is 0 Å². The number of hydrogen-bond acceptors (Lipinski definition) is 2. The largest absolute Gasteiger partial charge is 0.341 e. The first kappa shape index (κ1) is 12.8. The Morgan fingerprint density at radius 3 is 2.64 bits per heavy atom. The van der Waals surface area contributed by atoms with Crippen molar-refractivity contribution in [2.24, 2.45) is 0 Å². The number of nitrogens with zero attached hydrogens (tertiary/aromatic N) is 2. The van der Waals surface area contributed by atoms with Gasteiger partial charge in [-0.1, -0.05) is 42.5 Å². The molecule has 0 unspecified atom stereocenters. The predicted molar refractivity (Wildman–Crippen MR) is 87.7 cm³/mol. The van der Waals surface area contributed by atoms with Crippen LogP contribution in [0, 0.1) is 6.92 Å². The molecule has 0 atom stereocenters. The number of aryl methyl sites for hydroxylation is 1. The maximum absolute atomic E-state index is 4.46. The highest BCUT2D eigenvalue weighted by Gasteiger charge is 2.14. The Labute approximate surface area is 128 Å². The molecule has 0 radical (unpaired) electrons. The number of rotatable bonds is 3. The monoisotopic (exact) mass is 288 g/mol. The number of hydrogen-bond donors (Lipinski definition) is 2. The zero-order valence-corrected chi connectivity index (χ0v) is 12.3. The number of fused-ring (bicyclic) bond motifs is 1. The van der Waals surface area contributed by atoms with E-state index in [9.17, 15) is 0 Å². The molecule has 22 heavy (non-hydrogen) atoms. The van der Waals surface area contributed by atoms with Crippen molar-refractivity contribution in [2.75, 3.05) is 0 Å². The standard InChI is InChI=1S/C18H16N4/c1-12-11-19-18(20-12)17-16-14(8-5-9-15(16)21-22-17)10-13-6-3-2-4-7-13/h2-9,11H,10H2,1H3,(H,19,20)(H,21,22). The second kappa shape index (κ2) is 5.15. The summed E-state index contributed by atoms with van der Waals surface area (Å²) >= 11 is 0. The van der Waals surface area contributed by atoms with Crippen molar-refractivity contribution in [1.82, 2.24) is 20.2 Å². The summed E-state index contributed by atoms with van der Waals surface area (Å²) in [4.78, 5) is 7.69. The van der Waals surface area contributed by atoms with E-state index in [1.807, 2.05) is 19.2 Å². The van der Waals surface area contributed by atoms with E-state index in [1.165, 1.54) is 11.1 Å². The number of aromatic amines is 2. The van der Waals surface area contributed by atoms with E-state index < -0.39 is 0 Å². The maximum Gasteiger partial charge on any atom is 0.158 e. The van der Waals surface area contributed by atoms with E-state index in [4.69, 9.17) is 0 Å². The smallest absolute Gasteiger partial charge is 0.158 e.